The van der Waals surface area contributed by atoms with Gasteiger partial charge in [0.05, 0.1) is 17.3 Å². The molecule has 24 heavy (non-hydrogen) atoms. The fourth-order valence-electron chi connectivity index (χ4n) is 2.58. The van der Waals surface area contributed by atoms with E-state index in [1.54, 1.807) is 25.3 Å². The summed E-state index contributed by atoms with van der Waals surface area (Å²) < 4.78 is 15.1. The Morgan fingerprint density at radius 1 is 1.46 bits per heavy atom. The third-order valence-corrected chi connectivity index (χ3v) is 4.58. The number of nitrogens with one attached hydrogen (secondary N) is 1. The lowest BCUT2D eigenvalue weighted by molar-refractivity contribution is 0.190. The van der Waals surface area contributed by atoms with Gasteiger partial charge in [0.15, 0.2) is 4.96 Å². The highest BCUT2D eigenvalue weighted by Crippen LogP contribution is 2.26. The van der Waals surface area contributed by atoms with E-state index in [9.17, 15) is 14.0 Å². The molecule has 124 valence electrons. The Balaban J connectivity index is 2.34. The third-order valence-electron chi connectivity index (χ3n) is 3.63. The molecule has 0 aliphatic carbocycles. The minimum Gasteiger partial charge on any atom is -0.465 e. The van der Waals surface area contributed by atoms with Gasteiger partial charge in [-0.3, -0.25) is 9.20 Å². The van der Waals surface area contributed by atoms with Crippen LogP contribution in [0.5, 0.6) is 0 Å². The lowest BCUT2D eigenvalue weighted by Gasteiger charge is -2.15. The molecular weight excluding hydrogens is 333 g/mol. The number of thiazole rings is 1. The Hall–Kier alpha value is -2.74. The number of rotatable bonds is 3. The van der Waals surface area contributed by atoms with Crippen molar-refractivity contribution in [1.82, 2.24) is 14.7 Å². The van der Waals surface area contributed by atoms with Gasteiger partial charge in [0.25, 0.3) is 5.56 Å². The fraction of sp³-hybridized carbons (Fsp3) is 0.188. The maximum atomic E-state index is 13.6. The zero-order valence-electron chi connectivity index (χ0n) is 12.9. The molecule has 2 aromatic heterocycles. The first-order valence-corrected chi connectivity index (χ1v) is 8.02. The van der Waals surface area contributed by atoms with Gasteiger partial charge in [-0.1, -0.05) is 12.1 Å². The van der Waals surface area contributed by atoms with Crippen LogP contribution in [-0.4, -0.2) is 20.6 Å². The second-order valence-corrected chi connectivity index (χ2v) is 6.19. The van der Waals surface area contributed by atoms with E-state index in [2.05, 4.69) is 10.3 Å². The molecule has 3 aromatic rings. The van der Waals surface area contributed by atoms with Gasteiger partial charge in [-0.25, -0.2) is 14.2 Å². The number of hydrogen-bond donors (Lipinski definition) is 2. The minimum atomic E-state index is -1.22. The van der Waals surface area contributed by atoms with E-state index in [4.69, 9.17) is 5.11 Å². The summed E-state index contributed by atoms with van der Waals surface area (Å²) in [6.45, 7) is 3.37. The molecule has 0 saturated heterocycles. The normalized spacial score (nSPS) is 12.3. The Labute approximate surface area is 140 Å². The second kappa shape index (κ2) is 6.04. The number of hydrogen-bond acceptors (Lipinski definition) is 4. The quantitative estimate of drug-likeness (QED) is 0.762. The summed E-state index contributed by atoms with van der Waals surface area (Å²) in [6, 6.07) is 4.90. The highest BCUT2D eigenvalue weighted by Gasteiger charge is 2.22. The van der Waals surface area contributed by atoms with Gasteiger partial charge in [0.1, 0.15) is 5.82 Å². The molecule has 0 saturated carbocycles. The number of nitrogens with zero attached hydrogens (tertiary/aromatic N) is 2. The molecule has 1 amide bonds. The molecule has 0 fully saturated rings. The van der Waals surface area contributed by atoms with Crippen LogP contribution in [0.15, 0.2) is 34.4 Å². The van der Waals surface area contributed by atoms with Gasteiger partial charge in [0, 0.05) is 11.1 Å². The third kappa shape index (κ3) is 2.76. The molecular formula is C16H14FN3O3S. The average molecular weight is 347 g/mol. The summed E-state index contributed by atoms with van der Waals surface area (Å²) in [4.78, 5) is 28.8. The van der Waals surface area contributed by atoms with Gasteiger partial charge < -0.3 is 10.4 Å². The lowest BCUT2D eigenvalue weighted by atomic mass is 10.0. The summed E-state index contributed by atoms with van der Waals surface area (Å²) >= 11 is 1.29. The number of aromatic nitrogens is 2. The monoisotopic (exact) mass is 347 g/mol. The summed E-state index contributed by atoms with van der Waals surface area (Å²) in [7, 11) is 0. The fourth-order valence-corrected chi connectivity index (χ4v) is 3.44. The van der Waals surface area contributed by atoms with Crippen LogP contribution in [0.1, 0.15) is 24.4 Å². The predicted molar refractivity (Wildman–Crippen MR) is 89.0 cm³/mol. The molecule has 2 heterocycles. The number of carboxylic acid groups (broad SMARTS) is 1. The van der Waals surface area contributed by atoms with Gasteiger partial charge in [0.2, 0.25) is 0 Å². The van der Waals surface area contributed by atoms with E-state index >= 15 is 0 Å². The number of carbonyl (C=O) groups is 1. The molecule has 1 aromatic carbocycles. The van der Waals surface area contributed by atoms with Crippen molar-refractivity contribution in [2.75, 3.05) is 0 Å². The van der Waals surface area contributed by atoms with E-state index in [0.717, 1.165) is 5.69 Å². The molecule has 1 unspecified atom stereocenters. The van der Waals surface area contributed by atoms with Crippen LogP contribution in [0.2, 0.25) is 0 Å². The number of amides is 1. The molecule has 0 aliphatic heterocycles. The summed E-state index contributed by atoms with van der Waals surface area (Å²) in [5, 5.41) is 13.0. The van der Waals surface area contributed by atoms with Gasteiger partial charge >= 0.3 is 6.09 Å². The van der Waals surface area contributed by atoms with Crippen molar-refractivity contribution in [1.29, 1.82) is 0 Å². The number of benzene rings is 1. The van der Waals surface area contributed by atoms with Crippen LogP contribution < -0.4 is 10.9 Å². The lowest BCUT2D eigenvalue weighted by Crippen LogP contribution is -2.29. The largest absolute Gasteiger partial charge is 0.465 e. The predicted octanol–water partition coefficient (Wildman–Crippen LogP) is 3.20. The van der Waals surface area contributed by atoms with E-state index < -0.39 is 18.0 Å². The van der Waals surface area contributed by atoms with Crippen molar-refractivity contribution in [2.45, 2.75) is 19.9 Å². The van der Waals surface area contributed by atoms with Gasteiger partial charge in [-0.15, -0.1) is 11.3 Å². The number of halogens is 1. The zero-order valence-corrected chi connectivity index (χ0v) is 13.7. The Kier molecular flexibility index (Phi) is 4.06. The van der Waals surface area contributed by atoms with Crippen molar-refractivity contribution in [3.05, 3.63) is 57.2 Å². The zero-order chi connectivity index (χ0) is 17.4. The molecule has 0 aliphatic rings. The molecule has 8 heteroatoms. The standard InChI is InChI=1S/C16H14FN3O3S/c1-8-7-24-15-19-13(9(2)18-16(22)23)12(14(21)20(8)15)10-4-3-5-11(17)6-10/h3-7,9,18H,1-2H3,(H,22,23). The second-order valence-electron chi connectivity index (χ2n) is 5.35. The highest BCUT2D eigenvalue weighted by molar-refractivity contribution is 7.15. The van der Waals surface area contributed by atoms with Crippen LogP contribution in [0.25, 0.3) is 16.1 Å². The summed E-state index contributed by atoms with van der Waals surface area (Å²) in [5.41, 5.74) is 1.19. The summed E-state index contributed by atoms with van der Waals surface area (Å²) in [5.74, 6) is -0.483. The molecule has 6 nitrogen and oxygen atoms in total. The van der Waals surface area contributed by atoms with Crippen molar-refractivity contribution in [3.8, 4) is 11.1 Å². The smallest absolute Gasteiger partial charge is 0.405 e. The van der Waals surface area contributed by atoms with Crippen molar-refractivity contribution in [2.24, 2.45) is 0 Å². The first-order valence-electron chi connectivity index (χ1n) is 7.14. The maximum absolute atomic E-state index is 13.6. The van der Waals surface area contributed by atoms with E-state index in [1.165, 1.54) is 33.9 Å². The minimum absolute atomic E-state index is 0.190. The molecule has 2 N–H and O–H groups in total. The van der Waals surface area contributed by atoms with Crippen LogP contribution in [0.4, 0.5) is 9.18 Å². The number of aryl methyl sites for hydroxylation is 1. The average Bonchev–Trinajstić information content (AvgIpc) is 2.88. The number of fused-ring (bicyclic) bond motifs is 1. The van der Waals surface area contributed by atoms with Crippen LogP contribution >= 0.6 is 11.3 Å². The first-order chi connectivity index (χ1) is 11.4. The van der Waals surface area contributed by atoms with E-state index in [-0.39, 0.29) is 16.8 Å². The molecule has 0 bridgehead atoms. The van der Waals surface area contributed by atoms with Crippen molar-refractivity contribution >= 4 is 22.4 Å². The SMILES string of the molecule is Cc1csc2nc(C(C)NC(=O)O)c(-c3cccc(F)c3)c(=O)n12. The maximum Gasteiger partial charge on any atom is 0.405 e. The van der Waals surface area contributed by atoms with Gasteiger partial charge in [-0.05, 0) is 31.5 Å². The molecule has 1 atom stereocenters. The highest BCUT2D eigenvalue weighted by atomic mass is 32.1. The Bertz CT molecular complexity index is 996. The molecule has 0 radical (unpaired) electrons. The van der Waals surface area contributed by atoms with E-state index in [0.29, 0.717) is 10.5 Å². The Morgan fingerprint density at radius 3 is 2.88 bits per heavy atom. The van der Waals surface area contributed by atoms with Crippen molar-refractivity contribution in [3.63, 3.8) is 0 Å². The van der Waals surface area contributed by atoms with Crippen molar-refractivity contribution < 1.29 is 14.3 Å². The first kappa shape index (κ1) is 16.1. The van der Waals surface area contributed by atoms with Crippen LogP contribution in [-0.2, 0) is 0 Å². The van der Waals surface area contributed by atoms with Crippen LogP contribution in [0.3, 0.4) is 0 Å². The van der Waals surface area contributed by atoms with E-state index in [1.807, 2.05) is 0 Å². The van der Waals surface area contributed by atoms with Crippen LogP contribution in [0, 0.1) is 12.7 Å². The molecule has 3 rings (SSSR count). The summed E-state index contributed by atoms with van der Waals surface area (Å²) in [6.07, 6.45) is -1.22. The molecule has 0 spiro atoms. The van der Waals surface area contributed by atoms with Gasteiger partial charge in [-0.2, -0.15) is 0 Å². The topological polar surface area (TPSA) is 83.7 Å². The Morgan fingerprint density at radius 2 is 2.21 bits per heavy atom.